The standard InChI is InChI=1S/C25H30ClFN4O4S/c1-2-30(14-16-4-3-5-16)20(13-28-25(34)21-8-9-22(26)36-21)24(33)29-19-7-6-17(12-18(19)27)31-10-11-35-15-23(31)32/h6-9,12,16,20H,2-5,10-11,13-15H2,1H3,(H,28,34)(H,29,33)/t20-/m0/s1. The number of hydrogen-bond acceptors (Lipinski definition) is 6. The summed E-state index contributed by atoms with van der Waals surface area (Å²) in [6.45, 7) is 4.06. The Balaban J connectivity index is 1.47. The molecule has 8 nitrogen and oxygen atoms in total. The van der Waals surface area contributed by atoms with Gasteiger partial charge in [0.05, 0.1) is 21.5 Å². The fourth-order valence-electron chi connectivity index (χ4n) is 4.36. The summed E-state index contributed by atoms with van der Waals surface area (Å²) in [5.74, 6) is -1.09. The molecule has 4 rings (SSSR count). The number of anilines is 2. The molecule has 3 amide bonds. The molecule has 2 fully saturated rings. The van der Waals surface area contributed by atoms with Crippen molar-refractivity contribution in [2.45, 2.75) is 32.2 Å². The molecule has 1 aliphatic heterocycles. The van der Waals surface area contributed by atoms with Crippen LogP contribution in [0.15, 0.2) is 30.3 Å². The normalized spacial score (nSPS) is 17.1. The summed E-state index contributed by atoms with van der Waals surface area (Å²) < 4.78 is 20.6. The number of nitrogens with one attached hydrogen (secondary N) is 2. The highest BCUT2D eigenvalue weighted by Gasteiger charge is 2.30. The van der Waals surface area contributed by atoms with Crippen molar-refractivity contribution in [1.29, 1.82) is 0 Å². The highest BCUT2D eigenvalue weighted by molar-refractivity contribution is 7.18. The van der Waals surface area contributed by atoms with E-state index in [1.54, 1.807) is 18.2 Å². The van der Waals surface area contributed by atoms with Crippen LogP contribution in [0.5, 0.6) is 0 Å². The third-order valence-corrected chi connectivity index (χ3v) is 7.86. The molecule has 2 heterocycles. The first-order valence-electron chi connectivity index (χ1n) is 12.1. The predicted octanol–water partition coefficient (Wildman–Crippen LogP) is 3.76. The topological polar surface area (TPSA) is 91.0 Å². The van der Waals surface area contributed by atoms with E-state index in [-0.39, 0.29) is 30.7 Å². The first kappa shape index (κ1) is 26.5. The first-order chi connectivity index (χ1) is 17.4. The third kappa shape index (κ3) is 6.42. The molecule has 0 radical (unpaired) electrons. The second-order valence-corrected chi connectivity index (χ2v) is 10.7. The Hall–Kier alpha value is -2.53. The molecule has 2 N–H and O–H groups in total. The van der Waals surface area contributed by atoms with E-state index in [9.17, 15) is 18.8 Å². The van der Waals surface area contributed by atoms with Gasteiger partial charge < -0.3 is 20.3 Å². The molecule has 1 saturated carbocycles. The minimum atomic E-state index is -0.685. The second kappa shape index (κ2) is 12.1. The second-order valence-electron chi connectivity index (χ2n) is 8.97. The molecule has 2 aromatic rings. The van der Waals surface area contributed by atoms with Crippen LogP contribution in [0.2, 0.25) is 4.34 Å². The molecular weight excluding hydrogens is 507 g/mol. The van der Waals surface area contributed by atoms with Gasteiger partial charge >= 0.3 is 0 Å². The average molecular weight is 537 g/mol. The van der Waals surface area contributed by atoms with Gasteiger partial charge in [0.1, 0.15) is 18.5 Å². The van der Waals surface area contributed by atoms with Crippen LogP contribution in [-0.2, 0) is 14.3 Å². The monoisotopic (exact) mass is 536 g/mol. The van der Waals surface area contributed by atoms with Gasteiger partial charge in [-0.2, -0.15) is 0 Å². The molecule has 0 spiro atoms. The summed E-state index contributed by atoms with van der Waals surface area (Å²) in [7, 11) is 0. The van der Waals surface area contributed by atoms with Gasteiger partial charge in [0.15, 0.2) is 0 Å². The van der Waals surface area contributed by atoms with E-state index in [0.29, 0.717) is 40.5 Å². The first-order valence-corrected chi connectivity index (χ1v) is 13.3. The molecule has 1 aliphatic carbocycles. The van der Waals surface area contributed by atoms with Gasteiger partial charge in [0, 0.05) is 25.3 Å². The Bertz CT molecular complexity index is 1110. The fraction of sp³-hybridized carbons (Fsp3) is 0.480. The molecular formula is C25H30ClFN4O4S. The molecule has 2 aliphatic rings. The molecule has 0 unspecified atom stereocenters. The van der Waals surface area contributed by atoms with Gasteiger partial charge in [-0.15, -0.1) is 11.3 Å². The molecule has 36 heavy (non-hydrogen) atoms. The van der Waals surface area contributed by atoms with Gasteiger partial charge in [0.25, 0.3) is 11.8 Å². The molecule has 1 aromatic carbocycles. The minimum absolute atomic E-state index is 0.0190. The lowest BCUT2D eigenvalue weighted by molar-refractivity contribution is -0.125. The summed E-state index contributed by atoms with van der Waals surface area (Å²) in [4.78, 5) is 42.0. The predicted molar refractivity (Wildman–Crippen MR) is 138 cm³/mol. The van der Waals surface area contributed by atoms with Crippen LogP contribution in [-0.4, -0.2) is 68.1 Å². The van der Waals surface area contributed by atoms with Crippen LogP contribution in [0.25, 0.3) is 0 Å². The summed E-state index contributed by atoms with van der Waals surface area (Å²) in [5.41, 5.74) is 0.433. The molecule has 0 bridgehead atoms. The van der Waals surface area contributed by atoms with Crippen molar-refractivity contribution in [3.8, 4) is 0 Å². The number of rotatable bonds is 10. The van der Waals surface area contributed by atoms with Crippen molar-refractivity contribution in [3.63, 3.8) is 0 Å². The third-order valence-electron chi connectivity index (χ3n) is 6.63. The Morgan fingerprint density at radius 3 is 2.72 bits per heavy atom. The Morgan fingerprint density at radius 1 is 1.31 bits per heavy atom. The van der Waals surface area contributed by atoms with Crippen molar-refractivity contribution in [2.24, 2.45) is 5.92 Å². The Kier molecular flexibility index (Phi) is 8.95. The van der Waals surface area contributed by atoms with Crippen LogP contribution >= 0.6 is 22.9 Å². The minimum Gasteiger partial charge on any atom is -0.370 e. The van der Waals surface area contributed by atoms with Gasteiger partial charge in [-0.1, -0.05) is 24.9 Å². The lowest BCUT2D eigenvalue weighted by Gasteiger charge is -2.36. The van der Waals surface area contributed by atoms with E-state index in [4.69, 9.17) is 16.3 Å². The molecule has 1 aromatic heterocycles. The van der Waals surface area contributed by atoms with Crippen LogP contribution in [0.4, 0.5) is 15.8 Å². The maximum absolute atomic E-state index is 15.0. The number of hydrogen-bond donors (Lipinski definition) is 2. The van der Waals surface area contributed by atoms with Crippen molar-refractivity contribution >= 4 is 52.0 Å². The number of likely N-dealkylation sites (N-methyl/N-ethyl adjacent to an activating group) is 1. The van der Waals surface area contributed by atoms with E-state index >= 15 is 0 Å². The zero-order valence-corrected chi connectivity index (χ0v) is 21.7. The van der Waals surface area contributed by atoms with E-state index in [0.717, 1.165) is 19.4 Å². The van der Waals surface area contributed by atoms with E-state index in [2.05, 4.69) is 10.6 Å². The number of halogens is 2. The van der Waals surface area contributed by atoms with Crippen molar-refractivity contribution in [2.75, 3.05) is 49.6 Å². The summed E-state index contributed by atoms with van der Waals surface area (Å²) in [6.07, 6.45) is 3.40. The number of morpholine rings is 1. The van der Waals surface area contributed by atoms with E-state index in [1.807, 2.05) is 11.8 Å². The molecule has 1 atom stereocenters. The number of carbonyl (C=O) groups is 3. The summed E-state index contributed by atoms with van der Waals surface area (Å²) in [5, 5.41) is 5.53. The number of benzene rings is 1. The van der Waals surface area contributed by atoms with Crippen LogP contribution in [0, 0.1) is 11.7 Å². The fourth-order valence-corrected chi connectivity index (χ4v) is 5.32. The van der Waals surface area contributed by atoms with Gasteiger partial charge in [-0.05, 0) is 55.6 Å². The number of nitrogens with zero attached hydrogens (tertiary/aromatic N) is 2. The maximum atomic E-state index is 15.0. The van der Waals surface area contributed by atoms with Crippen molar-refractivity contribution in [3.05, 3.63) is 45.4 Å². The van der Waals surface area contributed by atoms with Crippen LogP contribution in [0.1, 0.15) is 35.9 Å². The summed E-state index contributed by atoms with van der Waals surface area (Å²) >= 11 is 7.11. The van der Waals surface area contributed by atoms with Gasteiger partial charge in [0.2, 0.25) is 5.91 Å². The molecule has 194 valence electrons. The highest BCUT2D eigenvalue weighted by Crippen LogP contribution is 2.28. The SMILES string of the molecule is CCN(CC1CCC1)[C@@H](CNC(=O)c1ccc(Cl)s1)C(=O)Nc1ccc(N2CCOCC2=O)cc1F. The number of amides is 3. The maximum Gasteiger partial charge on any atom is 0.261 e. The van der Waals surface area contributed by atoms with Gasteiger partial charge in [-0.3, -0.25) is 19.3 Å². The van der Waals surface area contributed by atoms with E-state index < -0.39 is 17.8 Å². The molecule has 1 saturated heterocycles. The number of ether oxygens (including phenoxy) is 1. The zero-order valence-electron chi connectivity index (χ0n) is 20.1. The Morgan fingerprint density at radius 2 is 2.11 bits per heavy atom. The quantitative estimate of drug-likeness (QED) is 0.482. The van der Waals surface area contributed by atoms with Crippen molar-refractivity contribution in [1.82, 2.24) is 10.2 Å². The van der Waals surface area contributed by atoms with Gasteiger partial charge in [-0.25, -0.2) is 4.39 Å². The Labute approximate surface area is 218 Å². The lowest BCUT2D eigenvalue weighted by Crippen LogP contribution is -2.52. The number of carbonyl (C=O) groups excluding carboxylic acids is 3. The molecule has 11 heteroatoms. The van der Waals surface area contributed by atoms with Crippen LogP contribution in [0.3, 0.4) is 0 Å². The highest BCUT2D eigenvalue weighted by atomic mass is 35.5. The smallest absolute Gasteiger partial charge is 0.261 e. The van der Waals surface area contributed by atoms with Crippen LogP contribution < -0.4 is 15.5 Å². The summed E-state index contributed by atoms with van der Waals surface area (Å²) in [6, 6.07) is 6.90. The lowest BCUT2D eigenvalue weighted by atomic mass is 9.85. The average Bonchev–Trinajstić information content (AvgIpc) is 3.27. The largest absolute Gasteiger partial charge is 0.370 e. The van der Waals surface area contributed by atoms with Crippen molar-refractivity contribution < 1.29 is 23.5 Å². The zero-order chi connectivity index (χ0) is 25.7. The van der Waals surface area contributed by atoms with E-state index in [1.165, 1.54) is 34.8 Å². The number of thiophene rings is 1.